The number of hydrogen-bond acceptors (Lipinski definition) is 6. The summed E-state index contributed by atoms with van der Waals surface area (Å²) in [5.41, 5.74) is 1.95. The minimum absolute atomic E-state index is 0.238. The van der Waals surface area contributed by atoms with Crippen molar-refractivity contribution >= 4 is 22.0 Å². The number of sulfonamides is 1. The van der Waals surface area contributed by atoms with Crippen molar-refractivity contribution in [2.75, 3.05) is 20.2 Å². The van der Waals surface area contributed by atoms with Crippen LogP contribution in [0.5, 0.6) is 0 Å². The summed E-state index contributed by atoms with van der Waals surface area (Å²) in [6, 6.07) is 5.07. The average molecular weight is 383 g/mol. The molecule has 1 heterocycles. The summed E-state index contributed by atoms with van der Waals surface area (Å²) in [4.78, 5) is 23.7. The topological polar surface area (TPSA) is 90.0 Å². The van der Waals surface area contributed by atoms with Crippen LogP contribution < -0.4 is 0 Å². The standard InChI is InChI=1S/C18H25NO6S/c1-12-5-6-16(11-13(12)2)26(22,23)19-9-7-15(8-10-19)18(21)25-14(3)17(20)24-4/h5-6,11,14-15H,7-10H2,1-4H3. The third kappa shape index (κ3) is 4.42. The fourth-order valence-corrected chi connectivity index (χ4v) is 4.40. The Morgan fingerprint density at radius 1 is 1.15 bits per heavy atom. The van der Waals surface area contributed by atoms with Gasteiger partial charge >= 0.3 is 11.9 Å². The van der Waals surface area contributed by atoms with Crippen molar-refractivity contribution in [3.8, 4) is 0 Å². The van der Waals surface area contributed by atoms with E-state index < -0.39 is 34.0 Å². The number of methoxy groups -OCH3 is 1. The highest BCUT2D eigenvalue weighted by atomic mass is 32.2. The monoisotopic (exact) mass is 383 g/mol. The van der Waals surface area contributed by atoms with Crippen molar-refractivity contribution in [2.24, 2.45) is 5.92 Å². The van der Waals surface area contributed by atoms with Gasteiger partial charge in [-0.15, -0.1) is 0 Å². The van der Waals surface area contributed by atoms with E-state index >= 15 is 0 Å². The Kier molecular flexibility index (Phi) is 6.41. The van der Waals surface area contributed by atoms with Gasteiger partial charge in [-0.2, -0.15) is 4.31 Å². The van der Waals surface area contributed by atoms with Crippen LogP contribution in [0.25, 0.3) is 0 Å². The van der Waals surface area contributed by atoms with Gasteiger partial charge in [-0.25, -0.2) is 13.2 Å². The maximum atomic E-state index is 12.8. The lowest BCUT2D eigenvalue weighted by Gasteiger charge is -2.30. The molecule has 1 aliphatic rings. The van der Waals surface area contributed by atoms with Crippen LogP contribution in [0.4, 0.5) is 0 Å². The summed E-state index contributed by atoms with van der Waals surface area (Å²) < 4.78 is 36.6. The Labute approximate surface area is 154 Å². The third-order valence-electron chi connectivity index (χ3n) is 4.73. The van der Waals surface area contributed by atoms with Gasteiger partial charge in [0.15, 0.2) is 6.10 Å². The molecule has 1 unspecified atom stereocenters. The van der Waals surface area contributed by atoms with Crippen LogP contribution in [0, 0.1) is 19.8 Å². The zero-order chi connectivity index (χ0) is 19.5. The number of piperidine rings is 1. The van der Waals surface area contributed by atoms with Crippen molar-refractivity contribution in [2.45, 2.75) is 44.6 Å². The summed E-state index contributed by atoms with van der Waals surface area (Å²) in [6.07, 6.45) is -0.252. The SMILES string of the molecule is COC(=O)C(C)OC(=O)C1CCN(S(=O)(=O)c2ccc(C)c(C)c2)CC1. The quantitative estimate of drug-likeness (QED) is 0.721. The van der Waals surface area contributed by atoms with Crippen molar-refractivity contribution < 1.29 is 27.5 Å². The number of benzene rings is 1. The van der Waals surface area contributed by atoms with E-state index in [0.29, 0.717) is 12.8 Å². The number of nitrogens with zero attached hydrogens (tertiary/aromatic N) is 1. The van der Waals surface area contributed by atoms with Gasteiger partial charge in [0.25, 0.3) is 0 Å². The first kappa shape index (κ1) is 20.4. The lowest BCUT2D eigenvalue weighted by atomic mass is 9.98. The van der Waals surface area contributed by atoms with Crippen molar-refractivity contribution in [3.05, 3.63) is 29.3 Å². The van der Waals surface area contributed by atoms with Crippen molar-refractivity contribution in [3.63, 3.8) is 0 Å². The molecule has 1 atom stereocenters. The number of carbonyl (C=O) groups excluding carboxylic acids is 2. The minimum Gasteiger partial charge on any atom is -0.466 e. The van der Waals surface area contributed by atoms with Gasteiger partial charge in [0.05, 0.1) is 17.9 Å². The van der Waals surface area contributed by atoms with E-state index in [4.69, 9.17) is 4.74 Å². The summed E-state index contributed by atoms with van der Waals surface area (Å²) in [5, 5.41) is 0. The van der Waals surface area contributed by atoms with Gasteiger partial charge in [-0.05, 0) is 56.9 Å². The van der Waals surface area contributed by atoms with Gasteiger partial charge in [-0.1, -0.05) is 6.07 Å². The molecule has 1 fully saturated rings. The molecule has 0 spiro atoms. The number of ether oxygens (including phenoxy) is 2. The van der Waals surface area contributed by atoms with E-state index in [1.807, 2.05) is 13.8 Å². The smallest absolute Gasteiger partial charge is 0.346 e. The first-order valence-electron chi connectivity index (χ1n) is 8.52. The third-order valence-corrected chi connectivity index (χ3v) is 6.62. The Morgan fingerprint density at radius 2 is 1.77 bits per heavy atom. The number of rotatable bonds is 5. The van der Waals surface area contributed by atoms with E-state index in [9.17, 15) is 18.0 Å². The molecular formula is C18H25NO6S. The Hall–Kier alpha value is -1.93. The molecule has 0 bridgehead atoms. The second-order valence-electron chi connectivity index (χ2n) is 6.53. The van der Waals surface area contributed by atoms with Gasteiger partial charge < -0.3 is 9.47 Å². The molecule has 7 nitrogen and oxygen atoms in total. The number of carbonyl (C=O) groups is 2. The van der Waals surface area contributed by atoms with Crippen LogP contribution in [0.3, 0.4) is 0 Å². The fourth-order valence-electron chi connectivity index (χ4n) is 2.84. The molecule has 144 valence electrons. The van der Waals surface area contributed by atoms with Crippen LogP contribution in [-0.2, 0) is 29.1 Å². The molecular weight excluding hydrogens is 358 g/mol. The summed E-state index contributed by atoms with van der Waals surface area (Å²) >= 11 is 0. The van der Waals surface area contributed by atoms with Crippen molar-refractivity contribution in [1.82, 2.24) is 4.31 Å². The molecule has 26 heavy (non-hydrogen) atoms. The van der Waals surface area contributed by atoms with Crippen LogP contribution >= 0.6 is 0 Å². The largest absolute Gasteiger partial charge is 0.466 e. The second kappa shape index (κ2) is 8.18. The normalized spacial score (nSPS) is 17.5. The zero-order valence-corrected chi connectivity index (χ0v) is 16.3. The highest BCUT2D eigenvalue weighted by Crippen LogP contribution is 2.26. The van der Waals surface area contributed by atoms with E-state index in [-0.39, 0.29) is 18.0 Å². The first-order chi connectivity index (χ1) is 12.2. The Morgan fingerprint density at radius 3 is 2.31 bits per heavy atom. The van der Waals surface area contributed by atoms with E-state index in [1.54, 1.807) is 18.2 Å². The highest BCUT2D eigenvalue weighted by molar-refractivity contribution is 7.89. The molecule has 1 aromatic carbocycles. The van der Waals surface area contributed by atoms with Gasteiger partial charge in [0, 0.05) is 13.1 Å². The molecule has 0 aromatic heterocycles. The first-order valence-corrected chi connectivity index (χ1v) is 9.96. The maximum absolute atomic E-state index is 12.8. The average Bonchev–Trinajstić information content (AvgIpc) is 2.63. The number of aryl methyl sites for hydroxylation is 2. The molecule has 0 radical (unpaired) electrons. The fraction of sp³-hybridized carbons (Fsp3) is 0.556. The van der Waals surface area contributed by atoms with Crippen LogP contribution in [0.2, 0.25) is 0 Å². The summed E-state index contributed by atoms with van der Waals surface area (Å²) in [6.45, 7) is 5.73. The lowest BCUT2D eigenvalue weighted by Crippen LogP contribution is -2.41. The van der Waals surface area contributed by atoms with Crippen LogP contribution in [0.15, 0.2) is 23.1 Å². The number of esters is 2. The lowest BCUT2D eigenvalue weighted by molar-refractivity contribution is -0.168. The molecule has 1 saturated heterocycles. The van der Waals surface area contributed by atoms with Crippen LogP contribution in [-0.4, -0.2) is 51.0 Å². The predicted octanol–water partition coefficient (Wildman–Crippen LogP) is 1.81. The Bertz CT molecular complexity index is 781. The predicted molar refractivity (Wildman–Crippen MR) is 95.0 cm³/mol. The van der Waals surface area contributed by atoms with E-state index in [1.165, 1.54) is 18.3 Å². The second-order valence-corrected chi connectivity index (χ2v) is 8.46. The number of hydrogen-bond donors (Lipinski definition) is 0. The zero-order valence-electron chi connectivity index (χ0n) is 15.5. The van der Waals surface area contributed by atoms with Gasteiger partial charge in [-0.3, -0.25) is 4.79 Å². The van der Waals surface area contributed by atoms with E-state index in [2.05, 4.69) is 4.74 Å². The molecule has 0 N–H and O–H groups in total. The molecule has 1 aliphatic heterocycles. The molecule has 1 aromatic rings. The summed E-state index contributed by atoms with van der Waals surface area (Å²) in [7, 11) is -2.36. The maximum Gasteiger partial charge on any atom is 0.346 e. The molecule has 2 rings (SSSR count). The molecule has 8 heteroatoms. The van der Waals surface area contributed by atoms with Gasteiger partial charge in [0.2, 0.25) is 10.0 Å². The molecule has 0 saturated carbocycles. The van der Waals surface area contributed by atoms with Crippen molar-refractivity contribution in [1.29, 1.82) is 0 Å². The molecule has 0 aliphatic carbocycles. The Balaban J connectivity index is 2.00. The minimum atomic E-state index is -3.58. The van der Waals surface area contributed by atoms with Crippen LogP contribution in [0.1, 0.15) is 30.9 Å². The summed E-state index contributed by atoms with van der Waals surface area (Å²) in [5.74, 6) is -1.53. The van der Waals surface area contributed by atoms with E-state index in [0.717, 1.165) is 11.1 Å². The van der Waals surface area contributed by atoms with Gasteiger partial charge in [0.1, 0.15) is 0 Å². The highest BCUT2D eigenvalue weighted by Gasteiger charge is 2.34. The molecule has 0 amide bonds.